The number of fused-ring (bicyclic) bond motifs is 3. The molecule has 0 radical (unpaired) electrons. The van der Waals surface area contributed by atoms with E-state index in [1.54, 1.807) is 55.6 Å². The number of methoxy groups -OCH3 is 1. The highest BCUT2D eigenvalue weighted by Crippen LogP contribution is 2.25. The standard InChI is InChI=1S/C27H23N3O5/c1-34-20-11-7-10-19(16-20)28-23(31)17-30-24-21-12-5-6-13-22(21)35-25(24)26(32)29(27(30)33)15-14-18-8-3-2-4-9-18/h2-13,16H,14-15,17H2,1H3,(H,28,31). The van der Waals surface area contributed by atoms with Crippen molar-refractivity contribution in [3.05, 3.63) is 105 Å². The Morgan fingerprint density at radius 2 is 1.71 bits per heavy atom. The third kappa shape index (κ3) is 4.33. The fraction of sp³-hybridized carbons (Fsp3) is 0.148. The van der Waals surface area contributed by atoms with Crippen molar-refractivity contribution in [2.75, 3.05) is 12.4 Å². The molecule has 0 spiro atoms. The molecule has 0 aliphatic carbocycles. The van der Waals surface area contributed by atoms with Gasteiger partial charge in [-0.2, -0.15) is 0 Å². The maximum absolute atomic E-state index is 13.5. The van der Waals surface area contributed by atoms with Gasteiger partial charge in [0.05, 0.1) is 7.11 Å². The lowest BCUT2D eigenvalue weighted by atomic mass is 10.1. The van der Waals surface area contributed by atoms with Crippen molar-refractivity contribution < 1.29 is 13.9 Å². The van der Waals surface area contributed by atoms with E-state index < -0.39 is 17.2 Å². The second kappa shape index (κ2) is 9.34. The molecular formula is C27H23N3O5. The van der Waals surface area contributed by atoms with Crippen LogP contribution in [0.5, 0.6) is 5.75 Å². The number of hydrogen-bond acceptors (Lipinski definition) is 5. The first-order valence-electron chi connectivity index (χ1n) is 11.2. The summed E-state index contributed by atoms with van der Waals surface area (Å²) in [6.07, 6.45) is 0.484. The van der Waals surface area contributed by atoms with E-state index >= 15 is 0 Å². The molecule has 8 nitrogen and oxygen atoms in total. The number of furan rings is 1. The van der Waals surface area contributed by atoms with Crippen LogP contribution in [0.2, 0.25) is 0 Å². The molecule has 0 saturated heterocycles. The van der Waals surface area contributed by atoms with Crippen molar-refractivity contribution in [2.24, 2.45) is 0 Å². The molecule has 0 atom stereocenters. The van der Waals surface area contributed by atoms with Gasteiger partial charge in [-0.3, -0.25) is 18.7 Å². The molecule has 2 heterocycles. The number of ether oxygens (including phenoxy) is 1. The molecule has 0 saturated carbocycles. The summed E-state index contributed by atoms with van der Waals surface area (Å²) in [7, 11) is 1.54. The van der Waals surface area contributed by atoms with Gasteiger partial charge in [0.1, 0.15) is 23.4 Å². The zero-order chi connectivity index (χ0) is 24.4. The fourth-order valence-electron chi connectivity index (χ4n) is 4.17. The summed E-state index contributed by atoms with van der Waals surface area (Å²) in [4.78, 5) is 39.8. The summed E-state index contributed by atoms with van der Waals surface area (Å²) in [5, 5.41) is 3.39. The van der Waals surface area contributed by atoms with Crippen molar-refractivity contribution in [1.82, 2.24) is 9.13 Å². The molecule has 35 heavy (non-hydrogen) atoms. The summed E-state index contributed by atoms with van der Waals surface area (Å²) in [5.41, 5.74) is 1.29. The molecular weight excluding hydrogens is 446 g/mol. The normalized spacial score (nSPS) is 11.1. The number of anilines is 1. The number of hydrogen-bond donors (Lipinski definition) is 1. The average molecular weight is 469 g/mol. The molecule has 8 heteroatoms. The van der Waals surface area contributed by atoms with Crippen LogP contribution < -0.4 is 21.3 Å². The van der Waals surface area contributed by atoms with E-state index in [2.05, 4.69) is 5.32 Å². The van der Waals surface area contributed by atoms with Gasteiger partial charge in [0.15, 0.2) is 0 Å². The van der Waals surface area contributed by atoms with E-state index in [9.17, 15) is 14.4 Å². The summed E-state index contributed by atoms with van der Waals surface area (Å²) >= 11 is 0. The van der Waals surface area contributed by atoms with Crippen molar-refractivity contribution in [3.8, 4) is 5.75 Å². The first-order valence-corrected chi connectivity index (χ1v) is 11.2. The SMILES string of the molecule is COc1cccc(NC(=O)Cn2c(=O)n(CCc3ccccc3)c(=O)c3oc4ccccc4c32)c1. The van der Waals surface area contributed by atoms with E-state index in [0.717, 1.165) is 10.1 Å². The van der Waals surface area contributed by atoms with Crippen LogP contribution in [0.25, 0.3) is 22.1 Å². The van der Waals surface area contributed by atoms with Crippen LogP contribution in [-0.4, -0.2) is 22.2 Å². The van der Waals surface area contributed by atoms with Crippen LogP contribution in [0, 0.1) is 0 Å². The van der Waals surface area contributed by atoms with E-state index in [-0.39, 0.29) is 18.7 Å². The third-order valence-corrected chi connectivity index (χ3v) is 5.86. The molecule has 176 valence electrons. The number of para-hydroxylation sites is 1. The van der Waals surface area contributed by atoms with Gasteiger partial charge >= 0.3 is 5.69 Å². The van der Waals surface area contributed by atoms with Gasteiger partial charge in [-0.25, -0.2) is 4.79 Å². The summed E-state index contributed by atoms with van der Waals surface area (Å²) in [6.45, 7) is -0.131. The lowest BCUT2D eigenvalue weighted by Crippen LogP contribution is -2.41. The molecule has 2 aromatic heterocycles. The molecule has 5 aromatic rings. The molecule has 0 unspecified atom stereocenters. The van der Waals surface area contributed by atoms with Crippen LogP contribution in [0.1, 0.15) is 5.56 Å². The highest BCUT2D eigenvalue weighted by atomic mass is 16.5. The molecule has 0 bridgehead atoms. The highest BCUT2D eigenvalue weighted by molar-refractivity contribution is 6.03. The quantitative estimate of drug-likeness (QED) is 0.391. The van der Waals surface area contributed by atoms with Crippen molar-refractivity contribution in [2.45, 2.75) is 19.5 Å². The van der Waals surface area contributed by atoms with Gasteiger partial charge in [0.2, 0.25) is 11.5 Å². The van der Waals surface area contributed by atoms with Crippen molar-refractivity contribution in [3.63, 3.8) is 0 Å². The molecule has 3 aromatic carbocycles. The average Bonchev–Trinajstić information content (AvgIpc) is 3.27. The number of carbonyl (C=O) groups is 1. The highest BCUT2D eigenvalue weighted by Gasteiger charge is 2.21. The smallest absolute Gasteiger partial charge is 0.332 e. The van der Waals surface area contributed by atoms with Gasteiger partial charge in [-0.15, -0.1) is 0 Å². The number of aryl methyl sites for hydroxylation is 1. The number of nitrogens with one attached hydrogen (secondary N) is 1. The minimum Gasteiger partial charge on any atom is -0.497 e. The summed E-state index contributed by atoms with van der Waals surface area (Å²) in [6, 6.07) is 23.6. The minimum absolute atomic E-state index is 0.0491. The Kier molecular flexibility index (Phi) is 5.93. The predicted molar refractivity (Wildman–Crippen MR) is 134 cm³/mol. The van der Waals surface area contributed by atoms with Crippen LogP contribution >= 0.6 is 0 Å². The summed E-state index contributed by atoms with van der Waals surface area (Å²) < 4.78 is 13.5. The van der Waals surface area contributed by atoms with Crippen LogP contribution in [0.4, 0.5) is 5.69 Å². The predicted octanol–water partition coefficient (Wildman–Crippen LogP) is 3.80. The molecule has 0 aliphatic heterocycles. The topological polar surface area (TPSA) is 95.5 Å². The van der Waals surface area contributed by atoms with Gasteiger partial charge in [0, 0.05) is 23.7 Å². The van der Waals surface area contributed by atoms with Gasteiger partial charge in [0.25, 0.3) is 5.56 Å². The van der Waals surface area contributed by atoms with Crippen LogP contribution in [-0.2, 0) is 24.3 Å². The van der Waals surface area contributed by atoms with Gasteiger partial charge in [-0.1, -0.05) is 48.5 Å². The first-order chi connectivity index (χ1) is 17.0. The lowest BCUT2D eigenvalue weighted by molar-refractivity contribution is -0.116. The fourth-order valence-corrected chi connectivity index (χ4v) is 4.17. The number of aromatic nitrogens is 2. The Morgan fingerprint density at radius 3 is 2.51 bits per heavy atom. The first kappa shape index (κ1) is 22.2. The number of nitrogens with zero attached hydrogens (tertiary/aromatic N) is 2. The molecule has 0 aliphatic rings. The molecule has 5 rings (SSSR count). The largest absolute Gasteiger partial charge is 0.497 e. The third-order valence-electron chi connectivity index (χ3n) is 5.86. The Balaban J connectivity index is 1.58. The molecule has 1 N–H and O–H groups in total. The van der Waals surface area contributed by atoms with E-state index in [4.69, 9.17) is 9.15 Å². The second-order valence-electron chi connectivity index (χ2n) is 8.12. The van der Waals surface area contributed by atoms with Crippen LogP contribution in [0.15, 0.2) is 92.9 Å². The number of benzene rings is 3. The Hall–Kier alpha value is -4.59. The maximum atomic E-state index is 13.5. The molecule has 1 amide bonds. The Morgan fingerprint density at radius 1 is 0.943 bits per heavy atom. The van der Waals surface area contributed by atoms with Crippen molar-refractivity contribution >= 4 is 33.7 Å². The van der Waals surface area contributed by atoms with Crippen LogP contribution in [0.3, 0.4) is 0 Å². The van der Waals surface area contributed by atoms with Gasteiger partial charge in [-0.05, 0) is 36.2 Å². The molecule has 0 fully saturated rings. The zero-order valence-electron chi connectivity index (χ0n) is 19.1. The van der Waals surface area contributed by atoms with Crippen molar-refractivity contribution in [1.29, 1.82) is 0 Å². The van der Waals surface area contributed by atoms with Gasteiger partial charge < -0.3 is 14.5 Å². The van der Waals surface area contributed by atoms with E-state index in [1.165, 1.54) is 4.57 Å². The Labute approximate surface area is 200 Å². The number of amides is 1. The van der Waals surface area contributed by atoms with E-state index in [1.807, 2.05) is 30.3 Å². The zero-order valence-corrected chi connectivity index (χ0v) is 19.1. The minimum atomic E-state index is -0.564. The summed E-state index contributed by atoms with van der Waals surface area (Å²) in [5.74, 6) is 0.179. The monoisotopic (exact) mass is 469 g/mol. The lowest BCUT2D eigenvalue weighted by Gasteiger charge is -2.13. The van der Waals surface area contributed by atoms with E-state index in [0.29, 0.717) is 34.3 Å². The number of rotatable bonds is 7. The maximum Gasteiger partial charge on any atom is 0.332 e. The Bertz CT molecular complexity index is 1650. The second-order valence-corrected chi connectivity index (χ2v) is 8.12. The number of carbonyl (C=O) groups excluding carboxylic acids is 1.